The first-order valence-electron chi connectivity index (χ1n) is 10.6. The lowest BCUT2D eigenvalue weighted by atomic mass is 10.2. The number of carbonyl (C=O) groups is 1. The number of fused-ring (bicyclic) bond motifs is 1. The number of ether oxygens (including phenoxy) is 1. The minimum atomic E-state index is -0.118. The first kappa shape index (κ1) is 21.8. The molecule has 0 bridgehead atoms. The van der Waals surface area contributed by atoms with Gasteiger partial charge in [-0.1, -0.05) is 31.2 Å². The van der Waals surface area contributed by atoms with E-state index < -0.39 is 0 Å². The van der Waals surface area contributed by atoms with Crippen molar-refractivity contribution in [1.29, 1.82) is 0 Å². The summed E-state index contributed by atoms with van der Waals surface area (Å²) in [6.07, 6.45) is 2.68. The molecular weight excluding hydrogens is 376 g/mol. The topological polar surface area (TPSA) is 59.4 Å². The molecule has 2 aromatic carbocycles. The van der Waals surface area contributed by atoms with Crippen LogP contribution < -0.4 is 10.1 Å². The zero-order valence-corrected chi connectivity index (χ0v) is 18.2. The fourth-order valence-corrected chi connectivity index (χ4v) is 3.48. The minimum absolute atomic E-state index is 0.0203. The number of para-hydroxylation sites is 2. The Bertz CT molecular complexity index is 965. The molecule has 0 aliphatic rings. The van der Waals surface area contributed by atoms with Crippen LogP contribution in [0.5, 0.6) is 5.75 Å². The second kappa shape index (κ2) is 10.8. The molecule has 0 fully saturated rings. The molecule has 0 radical (unpaired) electrons. The van der Waals surface area contributed by atoms with Gasteiger partial charge in [0.1, 0.15) is 11.6 Å². The van der Waals surface area contributed by atoms with Gasteiger partial charge in [-0.3, -0.25) is 4.79 Å². The third kappa shape index (κ3) is 6.07. The number of aromatic nitrogens is 2. The smallest absolute Gasteiger partial charge is 0.257 e. The average Bonchev–Trinajstić information content (AvgIpc) is 3.10. The molecule has 0 spiro atoms. The SMILES string of the molecule is CCc1cccc(OCC(=O)NCCc2nc3ccccc3n2CCCN(C)C)c1. The lowest BCUT2D eigenvalue weighted by Gasteiger charge is -2.13. The molecule has 30 heavy (non-hydrogen) atoms. The van der Waals surface area contributed by atoms with Gasteiger partial charge in [0.25, 0.3) is 5.91 Å². The van der Waals surface area contributed by atoms with Crippen molar-refractivity contribution in [2.24, 2.45) is 0 Å². The van der Waals surface area contributed by atoms with Crippen LogP contribution in [-0.2, 0) is 24.2 Å². The third-order valence-corrected chi connectivity index (χ3v) is 5.07. The first-order chi connectivity index (χ1) is 14.6. The second-order valence-electron chi connectivity index (χ2n) is 7.71. The standard InChI is InChI=1S/C24H32N4O2/c1-4-19-9-7-10-20(17-19)30-18-24(29)25-14-13-23-26-21-11-5-6-12-22(21)28(23)16-8-15-27(2)3/h5-7,9-12,17H,4,8,13-16,18H2,1-3H3,(H,25,29). The van der Waals surface area contributed by atoms with Gasteiger partial charge in [0.15, 0.2) is 6.61 Å². The molecule has 1 N–H and O–H groups in total. The molecular formula is C24H32N4O2. The Morgan fingerprint density at radius 1 is 1.17 bits per heavy atom. The highest BCUT2D eigenvalue weighted by Crippen LogP contribution is 2.17. The molecule has 6 nitrogen and oxygen atoms in total. The van der Waals surface area contributed by atoms with Crippen molar-refractivity contribution in [3.05, 3.63) is 59.9 Å². The summed E-state index contributed by atoms with van der Waals surface area (Å²) >= 11 is 0. The van der Waals surface area contributed by atoms with Crippen LogP contribution in [0.1, 0.15) is 24.7 Å². The van der Waals surface area contributed by atoms with E-state index in [1.165, 1.54) is 5.56 Å². The molecule has 0 atom stereocenters. The van der Waals surface area contributed by atoms with E-state index in [2.05, 4.69) is 47.9 Å². The van der Waals surface area contributed by atoms with E-state index >= 15 is 0 Å². The van der Waals surface area contributed by atoms with Crippen LogP contribution in [0.15, 0.2) is 48.5 Å². The highest BCUT2D eigenvalue weighted by Gasteiger charge is 2.11. The van der Waals surface area contributed by atoms with Gasteiger partial charge >= 0.3 is 0 Å². The van der Waals surface area contributed by atoms with Crippen molar-refractivity contribution in [2.75, 3.05) is 33.8 Å². The molecule has 0 aliphatic carbocycles. The van der Waals surface area contributed by atoms with Crippen molar-refractivity contribution >= 4 is 16.9 Å². The van der Waals surface area contributed by atoms with Gasteiger partial charge < -0.3 is 19.5 Å². The summed E-state index contributed by atoms with van der Waals surface area (Å²) < 4.78 is 7.90. The number of amides is 1. The summed E-state index contributed by atoms with van der Waals surface area (Å²) in [7, 11) is 4.17. The van der Waals surface area contributed by atoms with Crippen molar-refractivity contribution in [3.63, 3.8) is 0 Å². The van der Waals surface area contributed by atoms with Crippen molar-refractivity contribution in [2.45, 2.75) is 32.7 Å². The van der Waals surface area contributed by atoms with Gasteiger partial charge in [-0.15, -0.1) is 0 Å². The van der Waals surface area contributed by atoms with E-state index in [1.54, 1.807) is 0 Å². The zero-order chi connectivity index (χ0) is 21.3. The predicted octanol–water partition coefficient (Wildman–Crippen LogP) is 3.29. The normalized spacial score (nSPS) is 11.2. The number of carbonyl (C=O) groups excluding carboxylic acids is 1. The largest absolute Gasteiger partial charge is 0.484 e. The molecule has 1 aromatic heterocycles. The van der Waals surface area contributed by atoms with E-state index in [-0.39, 0.29) is 12.5 Å². The Hall–Kier alpha value is -2.86. The second-order valence-corrected chi connectivity index (χ2v) is 7.71. The molecule has 6 heteroatoms. The van der Waals surface area contributed by atoms with Crippen LogP contribution in [0.25, 0.3) is 11.0 Å². The van der Waals surface area contributed by atoms with Crippen LogP contribution in [0.3, 0.4) is 0 Å². The van der Waals surface area contributed by atoms with Gasteiger partial charge in [0.05, 0.1) is 11.0 Å². The Morgan fingerprint density at radius 3 is 2.80 bits per heavy atom. The van der Waals surface area contributed by atoms with Gasteiger partial charge in [-0.05, 0) is 63.3 Å². The number of imidazole rings is 1. The lowest BCUT2D eigenvalue weighted by molar-refractivity contribution is -0.123. The van der Waals surface area contributed by atoms with Crippen LogP contribution in [-0.4, -0.2) is 54.1 Å². The van der Waals surface area contributed by atoms with Crippen LogP contribution in [0.4, 0.5) is 0 Å². The molecule has 0 unspecified atom stereocenters. The number of rotatable bonds is 11. The van der Waals surface area contributed by atoms with Crippen molar-refractivity contribution < 1.29 is 9.53 Å². The Labute approximate surface area is 178 Å². The van der Waals surface area contributed by atoms with E-state index in [4.69, 9.17) is 9.72 Å². The maximum absolute atomic E-state index is 12.2. The number of aryl methyl sites for hydroxylation is 2. The quantitative estimate of drug-likeness (QED) is 0.529. The Kier molecular flexibility index (Phi) is 7.85. The average molecular weight is 409 g/mol. The van der Waals surface area contributed by atoms with E-state index in [0.717, 1.165) is 48.5 Å². The van der Waals surface area contributed by atoms with Crippen LogP contribution >= 0.6 is 0 Å². The molecule has 1 amide bonds. The fourth-order valence-electron chi connectivity index (χ4n) is 3.48. The summed E-state index contributed by atoms with van der Waals surface area (Å²) in [5.41, 5.74) is 3.35. The van der Waals surface area contributed by atoms with Crippen LogP contribution in [0, 0.1) is 0 Å². The number of benzene rings is 2. The number of hydrogen-bond donors (Lipinski definition) is 1. The van der Waals surface area contributed by atoms with Gasteiger partial charge in [0, 0.05) is 19.5 Å². The lowest BCUT2D eigenvalue weighted by Crippen LogP contribution is -2.31. The summed E-state index contributed by atoms with van der Waals surface area (Å²) in [5, 5.41) is 2.95. The summed E-state index contributed by atoms with van der Waals surface area (Å²) in [6, 6.07) is 16.1. The molecule has 3 aromatic rings. The number of hydrogen-bond acceptors (Lipinski definition) is 4. The number of nitrogens with one attached hydrogen (secondary N) is 1. The molecule has 160 valence electrons. The maximum Gasteiger partial charge on any atom is 0.257 e. The summed E-state index contributed by atoms with van der Waals surface area (Å²) in [6.45, 7) is 4.60. The van der Waals surface area contributed by atoms with Gasteiger partial charge in [0.2, 0.25) is 0 Å². The van der Waals surface area contributed by atoms with E-state index in [1.807, 2.05) is 36.4 Å². The predicted molar refractivity (Wildman–Crippen MR) is 121 cm³/mol. The summed E-state index contributed by atoms with van der Waals surface area (Å²) in [5.74, 6) is 1.62. The highest BCUT2D eigenvalue weighted by atomic mass is 16.5. The first-order valence-corrected chi connectivity index (χ1v) is 10.6. The Morgan fingerprint density at radius 2 is 2.00 bits per heavy atom. The summed E-state index contributed by atoms with van der Waals surface area (Å²) in [4.78, 5) is 19.2. The molecule has 0 saturated heterocycles. The molecule has 3 rings (SSSR count). The van der Waals surface area contributed by atoms with Gasteiger partial charge in [-0.2, -0.15) is 0 Å². The molecule has 1 heterocycles. The highest BCUT2D eigenvalue weighted by molar-refractivity contribution is 5.77. The van der Waals surface area contributed by atoms with E-state index in [0.29, 0.717) is 13.0 Å². The Balaban J connectivity index is 1.53. The third-order valence-electron chi connectivity index (χ3n) is 5.07. The zero-order valence-electron chi connectivity index (χ0n) is 18.2. The minimum Gasteiger partial charge on any atom is -0.484 e. The van der Waals surface area contributed by atoms with Gasteiger partial charge in [-0.25, -0.2) is 4.98 Å². The molecule has 0 saturated carbocycles. The maximum atomic E-state index is 12.2. The fraction of sp³-hybridized carbons (Fsp3) is 0.417. The molecule has 0 aliphatic heterocycles. The van der Waals surface area contributed by atoms with Crippen LogP contribution in [0.2, 0.25) is 0 Å². The monoisotopic (exact) mass is 408 g/mol. The van der Waals surface area contributed by atoms with Crippen molar-refractivity contribution in [1.82, 2.24) is 19.8 Å². The number of nitrogens with zero attached hydrogens (tertiary/aromatic N) is 3. The van der Waals surface area contributed by atoms with E-state index in [9.17, 15) is 4.79 Å². The van der Waals surface area contributed by atoms with Crippen molar-refractivity contribution in [3.8, 4) is 5.75 Å².